The fraction of sp³-hybridized carbons (Fsp3) is 0.0870. The van der Waals surface area contributed by atoms with Gasteiger partial charge in [0.1, 0.15) is 5.75 Å². The first-order chi connectivity index (χ1) is 13.7. The SMILES string of the molecule is COc1ccc(N=c2scc(-c3ccc(Cl)cc3)n2Cc2ccccc2)cc1. The maximum Gasteiger partial charge on any atom is 0.190 e. The van der Waals surface area contributed by atoms with Crippen molar-refractivity contribution in [2.24, 2.45) is 4.99 Å². The molecule has 0 amide bonds. The third kappa shape index (κ3) is 4.19. The lowest BCUT2D eigenvalue weighted by atomic mass is 10.1. The molecule has 5 heteroatoms. The summed E-state index contributed by atoms with van der Waals surface area (Å²) in [4.78, 5) is 5.82. The monoisotopic (exact) mass is 406 g/mol. The second-order valence-corrected chi connectivity index (χ2v) is 7.56. The second-order valence-electron chi connectivity index (χ2n) is 6.29. The van der Waals surface area contributed by atoms with Gasteiger partial charge in [-0.05, 0) is 47.5 Å². The zero-order chi connectivity index (χ0) is 19.3. The van der Waals surface area contributed by atoms with Crippen LogP contribution in [0.4, 0.5) is 5.69 Å². The molecule has 0 atom stereocenters. The molecule has 0 saturated heterocycles. The molecule has 0 unspecified atom stereocenters. The molecule has 0 radical (unpaired) electrons. The van der Waals surface area contributed by atoms with E-state index in [4.69, 9.17) is 21.3 Å². The van der Waals surface area contributed by atoms with Gasteiger partial charge < -0.3 is 9.30 Å². The van der Waals surface area contributed by atoms with Crippen LogP contribution in [0.2, 0.25) is 5.02 Å². The molecule has 0 aliphatic carbocycles. The van der Waals surface area contributed by atoms with Crippen molar-refractivity contribution in [2.75, 3.05) is 7.11 Å². The van der Waals surface area contributed by atoms with Gasteiger partial charge in [0.05, 0.1) is 25.0 Å². The van der Waals surface area contributed by atoms with Gasteiger partial charge in [0.2, 0.25) is 0 Å². The first-order valence-electron chi connectivity index (χ1n) is 8.90. The molecule has 1 heterocycles. The van der Waals surface area contributed by atoms with E-state index in [1.807, 2.05) is 54.6 Å². The summed E-state index contributed by atoms with van der Waals surface area (Å²) in [5.41, 5.74) is 4.37. The topological polar surface area (TPSA) is 26.5 Å². The van der Waals surface area contributed by atoms with Crippen LogP contribution in [0.15, 0.2) is 89.2 Å². The minimum absolute atomic E-state index is 0.733. The van der Waals surface area contributed by atoms with Crippen LogP contribution in [0.3, 0.4) is 0 Å². The van der Waals surface area contributed by atoms with Gasteiger partial charge in [0, 0.05) is 10.4 Å². The van der Waals surface area contributed by atoms with Crippen molar-refractivity contribution in [3.05, 3.63) is 99.6 Å². The van der Waals surface area contributed by atoms with Crippen LogP contribution in [0.5, 0.6) is 5.75 Å². The summed E-state index contributed by atoms with van der Waals surface area (Å²) in [7, 11) is 1.66. The number of hydrogen-bond acceptors (Lipinski definition) is 3. The third-order valence-electron chi connectivity index (χ3n) is 4.42. The van der Waals surface area contributed by atoms with Crippen molar-refractivity contribution in [3.63, 3.8) is 0 Å². The predicted molar refractivity (Wildman–Crippen MR) is 117 cm³/mol. The molecule has 0 aliphatic rings. The van der Waals surface area contributed by atoms with E-state index in [2.05, 4.69) is 34.2 Å². The Morgan fingerprint density at radius 3 is 2.32 bits per heavy atom. The number of halogens is 1. The summed E-state index contributed by atoms with van der Waals surface area (Å²) < 4.78 is 7.48. The van der Waals surface area contributed by atoms with E-state index < -0.39 is 0 Å². The standard InChI is InChI=1S/C23H19ClN2OS/c1-27-21-13-11-20(12-14-21)25-23-26(15-17-5-3-2-4-6-17)22(16-28-23)18-7-9-19(24)10-8-18/h2-14,16H,15H2,1H3. The molecule has 3 aromatic carbocycles. The summed E-state index contributed by atoms with van der Waals surface area (Å²) in [5.74, 6) is 0.823. The summed E-state index contributed by atoms with van der Waals surface area (Å²) >= 11 is 7.70. The average molecular weight is 407 g/mol. The minimum Gasteiger partial charge on any atom is -0.497 e. The zero-order valence-corrected chi connectivity index (χ0v) is 17.0. The predicted octanol–water partition coefficient (Wildman–Crippen LogP) is 6.16. The van der Waals surface area contributed by atoms with Gasteiger partial charge in [0.15, 0.2) is 4.80 Å². The quantitative estimate of drug-likeness (QED) is 0.390. The Morgan fingerprint density at radius 2 is 1.64 bits per heavy atom. The normalized spacial score (nSPS) is 11.6. The van der Waals surface area contributed by atoms with Crippen molar-refractivity contribution < 1.29 is 4.74 Å². The molecular formula is C23H19ClN2OS. The highest BCUT2D eigenvalue weighted by atomic mass is 35.5. The Kier molecular flexibility index (Phi) is 5.60. The molecule has 0 spiro atoms. The van der Waals surface area contributed by atoms with Crippen LogP contribution in [-0.4, -0.2) is 11.7 Å². The molecule has 0 bridgehead atoms. The Labute approximate surface area is 173 Å². The van der Waals surface area contributed by atoms with Crippen LogP contribution in [0, 0.1) is 0 Å². The van der Waals surface area contributed by atoms with Crippen LogP contribution in [0.1, 0.15) is 5.56 Å². The maximum atomic E-state index is 6.07. The molecule has 0 N–H and O–H groups in total. The van der Waals surface area contributed by atoms with Gasteiger partial charge in [-0.3, -0.25) is 0 Å². The van der Waals surface area contributed by atoms with E-state index in [9.17, 15) is 0 Å². The smallest absolute Gasteiger partial charge is 0.190 e. The summed E-state index contributed by atoms with van der Waals surface area (Å²) in [5, 5.41) is 2.88. The van der Waals surface area contributed by atoms with Gasteiger partial charge >= 0.3 is 0 Å². The highest BCUT2D eigenvalue weighted by Crippen LogP contribution is 2.24. The fourth-order valence-corrected chi connectivity index (χ4v) is 4.01. The molecule has 3 nitrogen and oxygen atoms in total. The van der Waals surface area contributed by atoms with E-state index in [1.54, 1.807) is 18.4 Å². The Hall–Kier alpha value is -2.82. The van der Waals surface area contributed by atoms with E-state index in [0.29, 0.717) is 0 Å². The van der Waals surface area contributed by atoms with Gasteiger partial charge in [-0.2, -0.15) is 0 Å². The van der Waals surface area contributed by atoms with E-state index in [1.165, 1.54) is 5.56 Å². The average Bonchev–Trinajstić information content (AvgIpc) is 3.12. The molecule has 0 aliphatic heterocycles. The van der Waals surface area contributed by atoms with Crippen LogP contribution >= 0.6 is 22.9 Å². The fourth-order valence-electron chi connectivity index (χ4n) is 2.96. The van der Waals surface area contributed by atoms with Gasteiger partial charge in [-0.15, -0.1) is 11.3 Å². The maximum absolute atomic E-state index is 6.07. The number of hydrogen-bond donors (Lipinski definition) is 0. The van der Waals surface area contributed by atoms with Crippen LogP contribution in [0.25, 0.3) is 11.3 Å². The summed E-state index contributed by atoms with van der Waals surface area (Å²) in [6.45, 7) is 0.747. The number of aromatic nitrogens is 1. The lowest BCUT2D eigenvalue weighted by Crippen LogP contribution is -2.16. The highest BCUT2D eigenvalue weighted by molar-refractivity contribution is 7.07. The Bertz CT molecular complexity index is 1110. The van der Waals surface area contributed by atoms with Gasteiger partial charge in [-0.1, -0.05) is 54.1 Å². The largest absolute Gasteiger partial charge is 0.497 e. The second kappa shape index (κ2) is 8.46. The van der Waals surface area contributed by atoms with Crippen molar-refractivity contribution in [1.29, 1.82) is 0 Å². The number of rotatable bonds is 5. The third-order valence-corrected chi connectivity index (χ3v) is 5.53. The highest BCUT2D eigenvalue weighted by Gasteiger charge is 2.09. The Morgan fingerprint density at radius 1 is 0.929 bits per heavy atom. The number of benzene rings is 3. The molecule has 4 aromatic rings. The van der Waals surface area contributed by atoms with E-state index in [0.717, 1.165) is 39.1 Å². The van der Waals surface area contributed by atoms with Crippen molar-refractivity contribution in [2.45, 2.75) is 6.54 Å². The van der Waals surface area contributed by atoms with E-state index in [-0.39, 0.29) is 0 Å². The van der Waals surface area contributed by atoms with Gasteiger partial charge in [-0.25, -0.2) is 4.99 Å². The molecule has 4 rings (SSSR count). The number of ether oxygens (including phenoxy) is 1. The molecule has 140 valence electrons. The van der Waals surface area contributed by atoms with Crippen molar-refractivity contribution in [1.82, 2.24) is 4.57 Å². The lowest BCUT2D eigenvalue weighted by Gasteiger charge is -2.10. The zero-order valence-electron chi connectivity index (χ0n) is 15.4. The van der Waals surface area contributed by atoms with Gasteiger partial charge in [0.25, 0.3) is 0 Å². The summed E-state index contributed by atoms with van der Waals surface area (Å²) in [6.07, 6.45) is 0. The number of nitrogens with zero attached hydrogens (tertiary/aromatic N) is 2. The molecule has 1 aromatic heterocycles. The Balaban J connectivity index is 1.81. The molecule has 28 heavy (non-hydrogen) atoms. The van der Waals surface area contributed by atoms with Crippen LogP contribution in [-0.2, 0) is 6.54 Å². The molecule has 0 fully saturated rings. The van der Waals surface area contributed by atoms with Crippen molar-refractivity contribution >= 4 is 28.6 Å². The van der Waals surface area contributed by atoms with Crippen LogP contribution < -0.4 is 9.54 Å². The first kappa shape index (κ1) is 18.5. The van der Waals surface area contributed by atoms with E-state index >= 15 is 0 Å². The lowest BCUT2D eigenvalue weighted by molar-refractivity contribution is 0.415. The summed E-state index contributed by atoms with van der Waals surface area (Å²) in [6, 6.07) is 26.1. The molecular weight excluding hydrogens is 388 g/mol. The first-order valence-corrected chi connectivity index (χ1v) is 10.2. The molecule has 0 saturated carbocycles. The number of methoxy groups -OCH3 is 1. The number of thiazole rings is 1. The minimum atomic E-state index is 0.733. The van der Waals surface area contributed by atoms with Crippen molar-refractivity contribution in [3.8, 4) is 17.0 Å².